The Morgan fingerprint density at radius 1 is 0.750 bits per heavy atom. The summed E-state index contributed by atoms with van der Waals surface area (Å²) in [6.45, 7) is 2.32. The molecule has 3 aromatic heterocycles. The van der Waals surface area contributed by atoms with Crippen LogP contribution in [0.25, 0.3) is 54.3 Å². The van der Waals surface area contributed by atoms with Crippen LogP contribution in [0.4, 0.5) is 0 Å². The Morgan fingerprint density at radius 2 is 1.58 bits per heavy atom. The Labute approximate surface area is 305 Å². The average molecular weight is 694 g/mol. The summed E-state index contributed by atoms with van der Waals surface area (Å²) in [6, 6.07) is 38.8. The van der Waals surface area contributed by atoms with Crippen LogP contribution < -0.4 is 10.6 Å². The highest BCUT2D eigenvalue weighted by molar-refractivity contribution is 7.26. The molecule has 2 N–H and O–H groups in total. The fraction of sp³-hybridized carbons (Fsp3) is 0.152. The standard InChI is InChI=1S/C46H35N3O2S/c1-26-21-23-32-30-14-6-8-20-38(30)51-42(32)40(26)34-17-10-16-33-36-25-28(22-24-39(36)52-43(33)34)45-47-44(27-11-3-2-4-12-27)48-46(49-45)35-18-9-15-31-29-13-5-7-19-37(29)50-41(31)35/h2-7,9-19,21-26,40,44,46,48H,8,20H2,1H3,(H,47,49). The van der Waals surface area contributed by atoms with Gasteiger partial charge in [-0.05, 0) is 47.7 Å². The van der Waals surface area contributed by atoms with E-state index < -0.39 is 0 Å². The number of fused-ring (bicyclic) bond motifs is 9. The molecule has 2 aliphatic carbocycles. The average Bonchev–Trinajstić information content (AvgIpc) is 3.89. The number of aliphatic imine (C=N–C) groups is 1. The van der Waals surface area contributed by atoms with Crippen molar-refractivity contribution in [2.45, 2.75) is 38.0 Å². The van der Waals surface area contributed by atoms with Crippen LogP contribution in [-0.2, 0) is 6.42 Å². The van der Waals surface area contributed by atoms with E-state index in [0.717, 1.165) is 68.8 Å². The molecule has 5 aromatic carbocycles. The van der Waals surface area contributed by atoms with E-state index in [-0.39, 0.29) is 18.2 Å². The van der Waals surface area contributed by atoms with Gasteiger partial charge in [0.25, 0.3) is 0 Å². The van der Waals surface area contributed by atoms with Gasteiger partial charge in [0, 0.05) is 59.6 Å². The fourth-order valence-corrected chi connectivity index (χ4v) is 9.85. The van der Waals surface area contributed by atoms with E-state index in [1.165, 1.54) is 36.9 Å². The van der Waals surface area contributed by atoms with Crippen molar-refractivity contribution in [3.05, 3.63) is 166 Å². The number of allylic oxidation sites excluding steroid dienone is 2. The number of aryl methyl sites for hydroxylation is 1. The molecular formula is C46H35N3O2S. The first-order valence-corrected chi connectivity index (χ1v) is 19.0. The molecule has 0 saturated carbocycles. The van der Waals surface area contributed by atoms with Gasteiger partial charge < -0.3 is 14.2 Å². The number of nitrogens with one attached hydrogen (secondary N) is 2. The minimum Gasteiger partial charge on any atom is -0.464 e. The van der Waals surface area contributed by atoms with Crippen LogP contribution in [0.15, 0.2) is 135 Å². The van der Waals surface area contributed by atoms with E-state index in [9.17, 15) is 0 Å². The van der Waals surface area contributed by atoms with Gasteiger partial charge in [-0.25, -0.2) is 4.99 Å². The molecule has 0 saturated heterocycles. The predicted molar refractivity (Wildman–Crippen MR) is 214 cm³/mol. The Morgan fingerprint density at radius 3 is 2.50 bits per heavy atom. The number of thiophene rings is 1. The third-order valence-electron chi connectivity index (χ3n) is 11.1. The Hall–Kier alpha value is -5.69. The first kappa shape index (κ1) is 30.0. The fourth-order valence-electron chi connectivity index (χ4n) is 8.61. The number of rotatable bonds is 4. The summed E-state index contributed by atoms with van der Waals surface area (Å²) in [7, 11) is 0. The molecule has 0 fully saturated rings. The van der Waals surface area contributed by atoms with Gasteiger partial charge in [0.1, 0.15) is 40.9 Å². The normalized spacial score (nSPS) is 21.1. The largest absolute Gasteiger partial charge is 0.464 e. The zero-order chi connectivity index (χ0) is 34.3. The van der Waals surface area contributed by atoms with Gasteiger partial charge in [-0.15, -0.1) is 11.3 Å². The first-order chi connectivity index (χ1) is 25.7. The lowest BCUT2D eigenvalue weighted by atomic mass is 9.79. The highest BCUT2D eigenvalue weighted by atomic mass is 32.1. The molecule has 0 bridgehead atoms. The molecule has 1 aliphatic heterocycles. The molecule has 5 nitrogen and oxygen atoms in total. The second-order valence-electron chi connectivity index (χ2n) is 14.2. The number of hydrogen-bond donors (Lipinski definition) is 2. The smallest absolute Gasteiger partial charge is 0.142 e. The van der Waals surface area contributed by atoms with Crippen molar-refractivity contribution in [1.29, 1.82) is 0 Å². The molecule has 0 amide bonds. The quantitative estimate of drug-likeness (QED) is 0.193. The van der Waals surface area contributed by atoms with Crippen LogP contribution >= 0.6 is 11.3 Å². The third kappa shape index (κ3) is 4.61. The number of nitrogens with zero attached hydrogens (tertiary/aromatic N) is 1. The topological polar surface area (TPSA) is 62.7 Å². The van der Waals surface area contributed by atoms with Crippen molar-refractivity contribution in [2.75, 3.05) is 0 Å². The highest BCUT2D eigenvalue weighted by Crippen LogP contribution is 2.48. The van der Waals surface area contributed by atoms with Crippen molar-refractivity contribution in [3.63, 3.8) is 0 Å². The Kier molecular flexibility index (Phi) is 6.73. The monoisotopic (exact) mass is 693 g/mol. The number of amidine groups is 1. The summed E-state index contributed by atoms with van der Waals surface area (Å²) in [5.74, 6) is 3.59. The second kappa shape index (κ2) is 11.7. The Bertz CT molecular complexity index is 2800. The highest BCUT2D eigenvalue weighted by Gasteiger charge is 2.34. The summed E-state index contributed by atoms with van der Waals surface area (Å²) >= 11 is 1.88. The number of benzene rings is 5. The zero-order valence-electron chi connectivity index (χ0n) is 28.6. The molecule has 11 rings (SSSR count). The van der Waals surface area contributed by atoms with Crippen LogP contribution in [0.3, 0.4) is 0 Å². The molecule has 0 spiro atoms. The Balaban J connectivity index is 1.04. The van der Waals surface area contributed by atoms with Crippen molar-refractivity contribution in [3.8, 4) is 0 Å². The lowest BCUT2D eigenvalue weighted by molar-refractivity contribution is 0.408. The minimum absolute atomic E-state index is 0.149. The maximum atomic E-state index is 6.69. The van der Waals surface area contributed by atoms with Gasteiger partial charge >= 0.3 is 0 Å². The maximum Gasteiger partial charge on any atom is 0.142 e. The molecule has 252 valence electrons. The number of para-hydroxylation sites is 2. The molecule has 8 aromatic rings. The molecule has 52 heavy (non-hydrogen) atoms. The summed E-state index contributed by atoms with van der Waals surface area (Å²) in [4.78, 5) is 5.36. The van der Waals surface area contributed by atoms with Crippen molar-refractivity contribution in [2.24, 2.45) is 10.9 Å². The van der Waals surface area contributed by atoms with Crippen LogP contribution in [-0.4, -0.2) is 5.84 Å². The van der Waals surface area contributed by atoms with Gasteiger partial charge in [-0.1, -0.05) is 116 Å². The summed E-state index contributed by atoms with van der Waals surface area (Å²) in [6.07, 6.45) is 10.7. The van der Waals surface area contributed by atoms with E-state index in [2.05, 4.69) is 139 Å². The van der Waals surface area contributed by atoms with Crippen LogP contribution in [0.5, 0.6) is 0 Å². The van der Waals surface area contributed by atoms with Crippen molar-refractivity contribution < 1.29 is 8.83 Å². The minimum atomic E-state index is -0.323. The van der Waals surface area contributed by atoms with E-state index in [1.54, 1.807) is 0 Å². The lowest BCUT2D eigenvalue weighted by Gasteiger charge is -2.32. The van der Waals surface area contributed by atoms with Gasteiger partial charge in [0.15, 0.2) is 0 Å². The van der Waals surface area contributed by atoms with Crippen LogP contribution in [0.1, 0.15) is 76.5 Å². The first-order valence-electron chi connectivity index (χ1n) is 18.2. The predicted octanol–water partition coefficient (Wildman–Crippen LogP) is 11.6. The maximum absolute atomic E-state index is 6.69. The second-order valence-corrected chi connectivity index (χ2v) is 15.3. The summed E-state index contributed by atoms with van der Waals surface area (Å²) in [5, 5.41) is 12.3. The van der Waals surface area contributed by atoms with Crippen LogP contribution in [0.2, 0.25) is 0 Å². The van der Waals surface area contributed by atoms with E-state index in [1.807, 2.05) is 23.5 Å². The number of furan rings is 2. The van der Waals surface area contributed by atoms with Crippen LogP contribution in [0, 0.1) is 5.92 Å². The van der Waals surface area contributed by atoms with Gasteiger partial charge in [-0.3, -0.25) is 5.32 Å². The van der Waals surface area contributed by atoms with Gasteiger partial charge in [-0.2, -0.15) is 0 Å². The molecular weight excluding hydrogens is 659 g/mol. The molecule has 4 heterocycles. The SMILES string of the molecule is CC1C=Cc2c(oc3c2C=CCC3)C1c1cccc2c1sc1ccc(C3=NC(c4cccc5c4oc4ccccc45)NC(c4ccccc4)N3)cc12. The molecule has 4 atom stereocenters. The van der Waals surface area contributed by atoms with Gasteiger partial charge in [0.05, 0.1) is 5.92 Å². The summed E-state index contributed by atoms with van der Waals surface area (Å²) in [5.41, 5.74) is 8.84. The zero-order valence-corrected chi connectivity index (χ0v) is 29.4. The number of hydrogen-bond acceptors (Lipinski definition) is 6. The lowest BCUT2D eigenvalue weighted by Crippen LogP contribution is -2.45. The molecule has 6 heteroatoms. The molecule has 3 aliphatic rings. The van der Waals surface area contributed by atoms with Crippen molar-refractivity contribution >= 4 is 71.4 Å². The molecule has 0 radical (unpaired) electrons. The van der Waals surface area contributed by atoms with E-state index >= 15 is 0 Å². The van der Waals surface area contributed by atoms with Gasteiger partial charge in [0.2, 0.25) is 0 Å². The van der Waals surface area contributed by atoms with Crippen molar-refractivity contribution in [1.82, 2.24) is 10.6 Å². The molecule has 4 unspecified atom stereocenters. The van der Waals surface area contributed by atoms with E-state index in [4.69, 9.17) is 13.8 Å². The summed E-state index contributed by atoms with van der Waals surface area (Å²) < 4.78 is 15.8. The van der Waals surface area contributed by atoms with E-state index in [0.29, 0.717) is 5.92 Å². The third-order valence-corrected chi connectivity index (χ3v) is 12.4.